The molecule has 0 aliphatic carbocycles. The summed E-state index contributed by atoms with van der Waals surface area (Å²) in [6, 6.07) is 6.04. The first kappa shape index (κ1) is 20.8. The van der Waals surface area contributed by atoms with Crippen molar-refractivity contribution >= 4 is 29.9 Å². The molecule has 0 atom stereocenters. The second kappa shape index (κ2) is 11.4. The van der Waals surface area contributed by atoms with E-state index in [0.717, 1.165) is 43.5 Å². The molecule has 0 spiro atoms. The minimum Gasteiger partial charge on any atom is -0.493 e. The van der Waals surface area contributed by atoms with Gasteiger partial charge in [-0.2, -0.15) is 0 Å². The van der Waals surface area contributed by atoms with E-state index in [1.807, 2.05) is 19.1 Å². The normalized spacial score (nSPS) is 10.7. The third-order valence-corrected chi connectivity index (χ3v) is 3.19. The molecule has 1 rings (SSSR count). The summed E-state index contributed by atoms with van der Waals surface area (Å²) in [5, 5.41) is 3.29. The molecular weight excluding hydrogens is 393 g/mol. The average molecular weight is 421 g/mol. The summed E-state index contributed by atoms with van der Waals surface area (Å²) in [5.74, 6) is 2.47. The first-order valence-electron chi connectivity index (χ1n) is 7.36. The van der Waals surface area contributed by atoms with E-state index in [-0.39, 0.29) is 24.0 Å². The molecule has 0 saturated carbocycles. The predicted molar refractivity (Wildman–Crippen MR) is 103 cm³/mol. The Morgan fingerprint density at radius 3 is 2.41 bits per heavy atom. The molecule has 5 nitrogen and oxygen atoms in total. The molecule has 1 N–H and O–H groups in total. The molecule has 0 heterocycles. The lowest BCUT2D eigenvalue weighted by Crippen LogP contribution is -2.40. The van der Waals surface area contributed by atoms with Crippen LogP contribution in [0.25, 0.3) is 0 Å². The number of methoxy groups -OCH3 is 2. The predicted octanol–water partition coefficient (Wildman–Crippen LogP) is 2.78. The number of hydrogen-bond donors (Lipinski definition) is 1. The van der Waals surface area contributed by atoms with Crippen LogP contribution in [0.4, 0.5) is 0 Å². The van der Waals surface area contributed by atoms with Gasteiger partial charge in [-0.3, -0.25) is 4.99 Å². The van der Waals surface area contributed by atoms with Gasteiger partial charge >= 0.3 is 0 Å². The number of ether oxygens (including phenoxy) is 2. The van der Waals surface area contributed by atoms with Crippen LogP contribution in [0, 0.1) is 0 Å². The van der Waals surface area contributed by atoms with Gasteiger partial charge in [0.25, 0.3) is 0 Å². The fraction of sp³-hybridized carbons (Fsp3) is 0.562. The largest absolute Gasteiger partial charge is 0.493 e. The van der Waals surface area contributed by atoms with Crippen LogP contribution in [0.15, 0.2) is 23.2 Å². The molecule has 0 amide bonds. The Hall–Kier alpha value is -1.18. The monoisotopic (exact) mass is 421 g/mol. The molecule has 22 heavy (non-hydrogen) atoms. The number of aliphatic imine (C=N–C) groups is 1. The van der Waals surface area contributed by atoms with Gasteiger partial charge < -0.3 is 19.7 Å². The van der Waals surface area contributed by atoms with E-state index < -0.39 is 0 Å². The lowest BCUT2D eigenvalue weighted by atomic mass is 10.1. The SMILES string of the molecule is CCN=C(NCC)N(C)CCc1ccc(OC)c(OC)c1.I. The Morgan fingerprint density at radius 2 is 1.86 bits per heavy atom. The third-order valence-electron chi connectivity index (χ3n) is 3.19. The summed E-state index contributed by atoms with van der Waals surface area (Å²) in [5.41, 5.74) is 1.21. The summed E-state index contributed by atoms with van der Waals surface area (Å²) in [7, 11) is 5.36. The van der Waals surface area contributed by atoms with Crippen molar-refractivity contribution < 1.29 is 9.47 Å². The maximum absolute atomic E-state index is 5.33. The lowest BCUT2D eigenvalue weighted by Gasteiger charge is -2.22. The first-order chi connectivity index (χ1) is 10.2. The zero-order chi connectivity index (χ0) is 15.7. The van der Waals surface area contributed by atoms with Gasteiger partial charge in [-0.1, -0.05) is 6.07 Å². The Morgan fingerprint density at radius 1 is 1.18 bits per heavy atom. The highest BCUT2D eigenvalue weighted by atomic mass is 127. The van der Waals surface area contributed by atoms with Crippen LogP contribution < -0.4 is 14.8 Å². The van der Waals surface area contributed by atoms with Crippen LogP contribution in [0.5, 0.6) is 11.5 Å². The van der Waals surface area contributed by atoms with Gasteiger partial charge in [-0.25, -0.2) is 0 Å². The number of nitrogens with zero attached hydrogens (tertiary/aromatic N) is 2. The van der Waals surface area contributed by atoms with Crippen LogP contribution in [0.2, 0.25) is 0 Å². The number of rotatable bonds is 7. The number of likely N-dealkylation sites (N-methyl/N-ethyl adjacent to an activating group) is 1. The van der Waals surface area contributed by atoms with Crippen molar-refractivity contribution in [1.29, 1.82) is 0 Å². The van der Waals surface area contributed by atoms with Gasteiger partial charge in [0.05, 0.1) is 14.2 Å². The minimum atomic E-state index is 0. The molecule has 0 aliphatic heterocycles. The zero-order valence-electron chi connectivity index (χ0n) is 14.2. The molecule has 0 bridgehead atoms. The van der Waals surface area contributed by atoms with Gasteiger partial charge in [-0.05, 0) is 38.0 Å². The minimum absolute atomic E-state index is 0. The Kier molecular flexibility index (Phi) is 10.8. The average Bonchev–Trinajstić information content (AvgIpc) is 2.52. The van der Waals surface area contributed by atoms with Crippen molar-refractivity contribution in [3.05, 3.63) is 23.8 Å². The van der Waals surface area contributed by atoms with Crippen molar-refractivity contribution in [2.45, 2.75) is 20.3 Å². The van der Waals surface area contributed by atoms with Gasteiger partial charge in [0.2, 0.25) is 0 Å². The van der Waals surface area contributed by atoms with Crippen molar-refractivity contribution in [3.63, 3.8) is 0 Å². The number of nitrogens with one attached hydrogen (secondary N) is 1. The summed E-state index contributed by atoms with van der Waals surface area (Å²) in [6.07, 6.45) is 0.922. The summed E-state index contributed by atoms with van der Waals surface area (Å²) in [6.45, 7) is 6.66. The van der Waals surface area contributed by atoms with E-state index in [1.54, 1.807) is 14.2 Å². The summed E-state index contributed by atoms with van der Waals surface area (Å²) < 4.78 is 10.6. The van der Waals surface area contributed by atoms with Gasteiger partial charge in [0, 0.05) is 26.7 Å². The fourth-order valence-corrected chi connectivity index (χ4v) is 2.06. The molecule has 0 saturated heterocycles. The maximum Gasteiger partial charge on any atom is 0.193 e. The molecule has 6 heteroatoms. The highest BCUT2D eigenvalue weighted by Crippen LogP contribution is 2.27. The summed E-state index contributed by atoms with van der Waals surface area (Å²) >= 11 is 0. The van der Waals surface area contributed by atoms with Gasteiger partial charge in [0.1, 0.15) is 0 Å². The van der Waals surface area contributed by atoms with Crippen LogP contribution in [0.1, 0.15) is 19.4 Å². The highest BCUT2D eigenvalue weighted by molar-refractivity contribution is 14.0. The van der Waals surface area contributed by atoms with Crippen LogP contribution in [-0.4, -0.2) is 51.8 Å². The molecular formula is C16H28IN3O2. The highest BCUT2D eigenvalue weighted by Gasteiger charge is 2.08. The molecule has 0 unspecified atom stereocenters. The Balaban J connectivity index is 0.00000441. The number of guanidine groups is 1. The quantitative estimate of drug-likeness (QED) is 0.418. The van der Waals surface area contributed by atoms with Crippen LogP contribution >= 0.6 is 24.0 Å². The summed E-state index contributed by atoms with van der Waals surface area (Å²) in [4.78, 5) is 6.62. The van der Waals surface area contributed by atoms with Gasteiger partial charge in [0.15, 0.2) is 17.5 Å². The molecule has 126 valence electrons. The lowest BCUT2D eigenvalue weighted by molar-refractivity contribution is 0.354. The van der Waals surface area contributed by atoms with E-state index in [4.69, 9.17) is 9.47 Å². The third kappa shape index (κ3) is 6.29. The number of halogens is 1. The van der Waals surface area contributed by atoms with E-state index in [1.165, 1.54) is 5.56 Å². The van der Waals surface area contributed by atoms with E-state index in [2.05, 4.69) is 35.2 Å². The molecule has 0 aromatic heterocycles. The second-order valence-corrected chi connectivity index (χ2v) is 4.69. The molecule has 0 aliphatic rings. The number of hydrogen-bond acceptors (Lipinski definition) is 3. The maximum atomic E-state index is 5.33. The van der Waals surface area contributed by atoms with Gasteiger partial charge in [-0.15, -0.1) is 24.0 Å². The molecule has 0 radical (unpaired) electrons. The van der Waals surface area contributed by atoms with Crippen molar-refractivity contribution in [2.24, 2.45) is 4.99 Å². The van der Waals surface area contributed by atoms with Crippen LogP contribution in [0.3, 0.4) is 0 Å². The Labute approximate surface area is 151 Å². The van der Waals surface area contributed by atoms with E-state index >= 15 is 0 Å². The second-order valence-electron chi connectivity index (χ2n) is 4.69. The Bertz CT molecular complexity index is 467. The van der Waals surface area contributed by atoms with Crippen LogP contribution in [-0.2, 0) is 6.42 Å². The van der Waals surface area contributed by atoms with Crippen molar-refractivity contribution in [1.82, 2.24) is 10.2 Å². The first-order valence-corrected chi connectivity index (χ1v) is 7.36. The smallest absolute Gasteiger partial charge is 0.193 e. The van der Waals surface area contributed by atoms with Crippen molar-refractivity contribution in [2.75, 3.05) is 40.9 Å². The zero-order valence-corrected chi connectivity index (χ0v) is 16.5. The van der Waals surface area contributed by atoms with E-state index in [0.29, 0.717) is 0 Å². The topological polar surface area (TPSA) is 46.1 Å². The van der Waals surface area contributed by atoms with E-state index in [9.17, 15) is 0 Å². The fourth-order valence-electron chi connectivity index (χ4n) is 2.06. The molecule has 1 aromatic carbocycles. The van der Waals surface area contributed by atoms with Crippen molar-refractivity contribution in [3.8, 4) is 11.5 Å². The number of benzene rings is 1. The molecule has 0 fully saturated rings. The standard InChI is InChI=1S/C16H27N3O2.HI/c1-6-17-16(18-7-2)19(3)11-10-13-8-9-14(20-4)15(12-13)21-5;/h8-9,12H,6-7,10-11H2,1-5H3,(H,17,18);1H. The molecule has 1 aromatic rings.